The molecule has 0 amide bonds. The van der Waals surface area contributed by atoms with Gasteiger partial charge in [0.1, 0.15) is 0 Å². The number of hydrogen-bond donors (Lipinski definition) is 0. The number of hydrogen-bond acceptors (Lipinski definition) is 1. The first-order valence-corrected chi connectivity index (χ1v) is 9.52. The molecule has 0 fully saturated rings. The first-order chi connectivity index (χ1) is 13.7. The average Bonchev–Trinajstić information content (AvgIpc) is 3.21. The molecule has 6 aromatic rings. The second-order valence-corrected chi connectivity index (χ2v) is 7.49. The van der Waals surface area contributed by atoms with E-state index in [4.69, 9.17) is 4.42 Å². The van der Waals surface area contributed by atoms with E-state index < -0.39 is 0 Å². The molecule has 0 spiro atoms. The third-order valence-corrected chi connectivity index (χ3v) is 5.72. The van der Waals surface area contributed by atoms with Gasteiger partial charge in [-0.15, -0.1) is 0 Å². The Kier molecular flexibility index (Phi) is 3.01. The van der Waals surface area contributed by atoms with Gasteiger partial charge in [-0.2, -0.15) is 4.40 Å². The fourth-order valence-electron chi connectivity index (χ4n) is 4.35. The van der Waals surface area contributed by atoms with Crippen molar-refractivity contribution in [3.05, 3.63) is 84.6 Å². The maximum Gasteiger partial charge on any atom is 0.336 e. The highest BCUT2D eigenvalue weighted by Crippen LogP contribution is 2.34. The molecule has 6 rings (SSSR count). The highest BCUT2D eigenvalue weighted by molar-refractivity contribution is 6.09. The Morgan fingerprint density at radius 2 is 1.57 bits per heavy atom. The number of benzene rings is 4. The minimum atomic E-state index is 0.858. The van der Waals surface area contributed by atoms with Gasteiger partial charge in [0.2, 0.25) is 0 Å². The van der Waals surface area contributed by atoms with Crippen molar-refractivity contribution < 1.29 is 8.98 Å². The quantitative estimate of drug-likeness (QED) is 0.267. The van der Waals surface area contributed by atoms with Gasteiger partial charge in [0.15, 0.2) is 17.3 Å². The highest BCUT2D eigenvalue weighted by atomic mass is 16.3. The molecule has 3 nitrogen and oxygen atoms in total. The summed E-state index contributed by atoms with van der Waals surface area (Å²) in [6.07, 6.45) is 2.06. The minimum absolute atomic E-state index is 0.858. The zero-order valence-electron chi connectivity index (χ0n) is 15.8. The standard InChI is InChI=1S/C25H19N2O/c1-16-7-3-6-10-20(16)25-26(2)15-23-27(25)22-12-11-19-13-17-8-4-5-9-18(17)14-21(19)24(22)28-23/h3-15H,1-2H3/q+1. The second kappa shape index (κ2) is 5.46. The van der Waals surface area contributed by atoms with Crippen molar-refractivity contribution in [3.8, 4) is 11.4 Å². The number of fused-ring (bicyclic) bond motifs is 6. The number of oxazole rings is 1. The maximum atomic E-state index is 6.38. The van der Waals surface area contributed by atoms with Crippen LogP contribution in [0.5, 0.6) is 0 Å². The van der Waals surface area contributed by atoms with E-state index in [0.29, 0.717) is 0 Å². The van der Waals surface area contributed by atoms with Gasteiger partial charge in [-0.05, 0) is 59.0 Å². The van der Waals surface area contributed by atoms with E-state index in [-0.39, 0.29) is 0 Å². The molecular weight excluding hydrogens is 344 g/mol. The molecule has 134 valence electrons. The van der Waals surface area contributed by atoms with Crippen molar-refractivity contribution in [2.75, 3.05) is 0 Å². The van der Waals surface area contributed by atoms with E-state index in [0.717, 1.165) is 28.0 Å². The van der Waals surface area contributed by atoms with Crippen LogP contribution in [0.3, 0.4) is 0 Å². The molecule has 0 aliphatic rings. The molecule has 3 heteroatoms. The fraction of sp³-hybridized carbons (Fsp3) is 0.0800. The van der Waals surface area contributed by atoms with Crippen LogP contribution >= 0.6 is 0 Å². The van der Waals surface area contributed by atoms with Crippen LogP contribution in [-0.4, -0.2) is 4.40 Å². The van der Waals surface area contributed by atoms with Gasteiger partial charge in [-0.1, -0.05) is 42.5 Å². The summed E-state index contributed by atoms with van der Waals surface area (Å²) in [7, 11) is 2.07. The van der Waals surface area contributed by atoms with Crippen LogP contribution in [0.2, 0.25) is 0 Å². The van der Waals surface area contributed by atoms with Gasteiger partial charge in [-0.25, -0.2) is 4.57 Å². The second-order valence-electron chi connectivity index (χ2n) is 7.49. The van der Waals surface area contributed by atoms with E-state index in [1.165, 1.54) is 27.3 Å². The summed E-state index contributed by atoms with van der Waals surface area (Å²) in [6.45, 7) is 2.15. The van der Waals surface area contributed by atoms with E-state index in [1.807, 2.05) is 0 Å². The zero-order valence-corrected chi connectivity index (χ0v) is 15.8. The molecule has 0 atom stereocenters. The molecule has 28 heavy (non-hydrogen) atoms. The molecule has 4 aromatic carbocycles. The van der Waals surface area contributed by atoms with E-state index in [2.05, 4.69) is 102 Å². The molecule has 0 N–H and O–H groups in total. The van der Waals surface area contributed by atoms with Crippen LogP contribution < -0.4 is 4.57 Å². The summed E-state index contributed by atoms with van der Waals surface area (Å²) in [4.78, 5) is 0. The van der Waals surface area contributed by atoms with Crippen LogP contribution in [0.15, 0.2) is 83.4 Å². The Labute approximate surface area is 162 Å². The van der Waals surface area contributed by atoms with Gasteiger partial charge in [-0.3, -0.25) is 0 Å². The van der Waals surface area contributed by atoms with Gasteiger partial charge in [0.25, 0.3) is 5.82 Å². The van der Waals surface area contributed by atoms with Crippen LogP contribution in [-0.2, 0) is 7.05 Å². The third-order valence-electron chi connectivity index (χ3n) is 5.72. The van der Waals surface area contributed by atoms with Crippen molar-refractivity contribution in [1.29, 1.82) is 0 Å². The monoisotopic (exact) mass is 363 g/mol. The Morgan fingerprint density at radius 3 is 2.39 bits per heavy atom. The fourth-order valence-corrected chi connectivity index (χ4v) is 4.35. The van der Waals surface area contributed by atoms with Crippen LogP contribution in [0.25, 0.3) is 49.7 Å². The van der Waals surface area contributed by atoms with Crippen molar-refractivity contribution in [2.24, 2.45) is 7.05 Å². The van der Waals surface area contributed by atoms with Crippen LogP contribution in [0.4, 0.5) is 0 Å². The number of rotatable bonds is 1. The molecule has 0 aliphatic heterocycles. The predicted molar refractivity (Wildman–Crippen MR) is 114 cm³/mol. The SMILES string of the molecule is Cc1ccccc1-c1n2c(c[n+]1C)oc1c3cc4ccccc4cc3ccc12. The zero-order chi connectivity index (χ0) is 18.8. The van der Waals surface area contributed by atoms with Gasteiger partial charge < -0.3 is 4.42 Å². The number of aromatic nitrogens is 2. The molecular formula is C25H19N2O+. The summed E-state index contributed by atoms with van der Waals surface area (Å²) in [5.74, 6) is 1.13. The van der Waals surface area contributed by atoms with Crippen LogP contribution in [0.1, 0.15) is 5.56 Å². The first-order valence-electron chi connectivity index (χ1n) is 9.52. The minimum Gasteiger partial charge on any atom is -0.415 e. The smallest absolute Gasteiger partial charge is 0.336 e. The van der Waals surface area contributed by atoms with Crippen LogP contribution in [0, 0.1) is 6.92 Å². The molecule has 0 aliphatic carbocycles. The number of aryl methyl sites for hydroxylation is 2. The highest BCUT2D eigenvalue weighted by Gasteiger charge is 2.26. The molecule has 0 bridgehead atoms. The maximum absolute atomic E-state index is 6.38. The summed E-state index contributed by atoms with van der Waals surface area (Å²) in [5.41, 5.74) is 5.35. The molecule has 0 saturated heterocycles. The molecule has 0 saturated carbocycles. The number of imidazole rings is 1. The van der Waals surface area contributed by atoms with Gasteiger partial charge in [0, 0.05) is 5.39 Å². The van der Waals surface area contributed by atoms with Gasteiger partial charge >= 0.3 is 5.71 Å². The Balaban J connectivity index is 1.76. The first kappa shape index (κ1) is 15.5. The predicted octanol–water partition coefficient (Wildman–Crippen LogP) is 5.79. The van der Waals surface area contributed by atoms with Crippen molar-refractivity contribution in [3.63, 3.8) is 0 Å². The van der Waals surface area contributed by atoms with Crippen molar-refractivity contribution >= 4 is 38.4 Å². The third kappa shape index (κ3) is 2.01. The largest absolute Gasteiger partial charge is 0.415 e. The molecule has 0 unspecified atom stereocenters. The van der Waals surface area contributed by atoms with Gasteiger partial charge in [0.05, 0.1) is 12.6 Å². The van der Waals surface area contributed by atoms with E-state index >= 15 is 0 Å². The normalized spacial score (nSPS) is 11.9. The van der Waals surface area contributed by atoms with Crippen molar-refractivity contribution in [1.82, 2.24) is 4.40 Å². The van der Waals surface area contributed by atoms with Crippen molar-refractivity contribution in [2.45, 2.75) is 6.92 Å². The van der Waals surface area contributed by atoms with E-state index in [1.54, 1.807) is 0 Å². The lowest BCUT2D eigenvalue weighted by atomic mass is 10.0. The lowest BCUT2D eigenvalue weighted by Gasteiger charge is -2.03. The lowest BCUT2D eigenvalue weighted by molar-refractivity contribution is -0.658. The summed E-state index contributed by atoms with van der Waals surface area (Å²) in [6, 6.07) is 25.8. The molecule has 2 aromatic heterocycles. The molecule has 0 radical (unpaired) electrons. The van der Waals surface area contributed by atoms with E-state index in [9.17, 15) is 0 Å². The molecule has 2 heterocycles. The summed E-state index contributed by atoms with van der Waals surface area (Å²) in [5, 5.41) is 4.83. The average molecular weight is 363 g/mol. The summed E-state index contributed by atoms with van der Waals surface area (Å²) >= 11 is 0. The Bertz CT molecular complexity index is 1530. The Hall–Kier alpha value is -3.59. The topological polar surface area (TPSA) is 21.4 Å². The summed E-state index contributed by atoms with van der Waals surface area (Å²) < 4.78 is 10.8. The number of nitrogens with zero attached hydrogens (tertiary/aromatic N) is 2. The lowest BCUT2D eigenvalue weighted by Crippen LogP contribution is -2.28. The Morgan fingerprint density at radius 1 is 0.821 bits per heavy atom.